The lowest BCUT2D eigenvalue weighted by Crippen LogP contribution is -2.16. The molecule has 0 heterocycles. The summed E-state index contributed by atoms with van der Waals surface area (Å²) in [6.45, 7) is 6.04. The van der Waals surface area contributed by atoms with Crippen LogP contribution in [0.5, 0.6) is 0 Å². The monoisotopic (exact) mass is 174 g/mol. The van der Waals surface area contributed by atoms with E-state index in [2.05, 4.69) is 0 Å². The van der Waals surface area contributed by atoms with Gasteiger partial charge in [0.15, 0.2) is 0 Å². The number of esters is 1. The highest BCUT2D eigenvalue weighted by molar-refractivity contribution is 5.71. The van der Waals surface area contributed by atoms with Gasteiger partial charge in [0.25, 0.3) is 0 Å². The Morgan fingerprint density at radius 3 is 2.33 bits per heavy atom. The van der Waals surface area contributed by atoms with Crippen LogP contribution < -0.4 is 0 Å². The van der Waals surface area contributed by atoms with E-state index in [0.29, 0.717) is 6.61 Å². The number of carbonyl (C=O) groups excluding carboxylic acids is 1. The van der Waals surface area contributed by atoms with E-state index in [9.17, 15) is 4.79 Å². The molecular weight excluding hydrogens is 156 g/mol. The Morgan fingerprint density at radius 2 is 1.92 bits per heavy atom. The Labute approximate surface area is 74.0 Å². The fraction of sp³-hybridized carbons (Fsp3) is 0.889. The second kappa shape index (κ2) is 6.00. The first-order chi connectivity index (χ1) is 5.57. The van der Waals surface area contributed by atoms with E-state index in [0.717, 1.165) is 6.42 Å². The quantitative estimate of drug-likeness (QED) is 0.594. The van der Waals surface area contributed by atoms with E-state index in [-0.39, 0.29) is 18.0 Å². The molecule has 0 aliphatic carbocycles. The van der Waals surface area contributed by atoms with Gasteiger partial charge in [0.05, 0.1) is 18.6 Å². The van der Waals surface area contributed by atoms with Crippen LogP contribution in [-0.4, -0.2) is 25.8 Å². The maximum atomic E-state index is 10.9. The summed E-state index contributed by atoms with van der Waals surface area (Å²) in [7, 11) is 1.65. The van der Waals surface area contributed by atoms with Crippen molar-refractivity contribution in [2.75, 3.05) is 13.7 Å². The molecule has 0 saturated heterocycles. The van der Waals surface area contributed by atoms with Crippen LogP contribution in [0.1, 0.15) is 27.2 Å². The minimum atomic E-state index is -0.140. The number of ether oxygens (including phenoxy) is 2. The molecule has 0 fully saturated rings. The summed E-state index contributed by atoms with van der Waals surface area (Å²) in [5.74, 6) is -0.179. The van der Waals surface area contributed by atoms with E-state index in [1.165, 1.54) is 0 Å². The summed E-state index contributed by atoms with van der Waals surface area (Å²) in [5, 5.41) is 0. The average molecular weight is 174 g/mol. The zero-order valence-corrected chi connectivity index (χ0v) is 8.29. The first-order valence-corrected chi connectivity index (χ1v) is 4.27. The third-order valence-corrected chi connectivity index (χ3v) is 1.64. The maximum Gasteiger partial charge on any atom is 0.308 e. The summed E-state index contributed by atoms with van der Waals surface area (Å²) in [6.07, 6.45) is 0.916. The van der Waals surface area contributed by atoms with Gasteiger partial charge in [-0.15, -0.1) is 0 Å². The van der Waals surface area contributed by atoms with Crippen molar-refractivity contribution < 1.29 is 14.3 Å². The smallest absolute Gasteiger partial charge is 0.308 e. The predicted molar refractivity (Wildman–Crippen MR) is 46.9 cm³/mol. The highest BCUT2D eigenvalue weighted by atomic mass is 16.5. The Hall–Kier alpha value is -0.570. The van der Waals surface area contributed by atoms with E-state index in [1.54, 1.807) is 7.11 Å². The summed E-state index contributed by atoms with van der Waals surface area (Å²) in [4.78, 5) is 10.9. The molecule has 12 heavy (non-hydrogen) atoms. The van der Waals surface area contributed by atoms with Gasteiger partial charge in [-0.1, -0.05) is 13.8 Å². The average Bonchev–Trinajstić information content (AvgIpc) is 2.03. The van der Waals surface area contributed by atoms with Crippen molar-refractivity contribution in [3.05, 3.63) is 0 Å². The van der Waals surface area contributed by atoms with Crippen LogP contribution in [0.15, 0.2) is 0 Å². The summed E-state index contributed by atoms with van der Waals surface area (Å²) < 4.78 is 9.96. The van der Waals surface area contributed by atoms with E-state index in [1.807, 2.05) is 20.8 Å². The van der Waals surface area contributed by atoms with Crippen molar-refractivity contribution in [2.24, 2.45) is 5.92 Å². The van der Waals surface area contributed by atoms with Crippen molar-refractivity contribution in [1.29, 1.82) is 0 Å². The first kappa shape index (κ1) is 11.4. The number of carbonyl (C=O) groups is 1. The van der Waals surface area contributed by atoms with Crippen molar-refractivity contribution in [3.63, 3.8) is 0 Å². The lowest BCUT2D eigenvalue weighted by atomic mass is 10.2. The van der Waals surface area contributed by atoms with Gasteiger partial charge in [-0.3, -0.25) is 4.79 Å². The molecule has 72 valence electrons. The van der Waals surface area contributed by atoms with E-state index >= 15 is 0 Å². The Bertz CT molecular complexity index is 132. The Balaban J connectivity index is 3.37. The van der Waals surface area contributed by atoms with Crippen LogP contribution in [0.25, 0.3) is 0 Å². The molecule has 0 aromatic heterocycles. The molecular formula is C9H18O3. The number of hydrogen-bond acceptors (Lipinski definition) is 3. The second-order valence-corrected chi connectivity index (χ2v) is 3.16. The van der Waals surface area contributed by atoms with Gasteiger partial charge in [-0.2, -0.15) is 0 Å². The van der Waals surface area contributed by atoms with Crippen LogP contribution in [0, 0.1) is 5.92 Å². The van der Waals surface area contributed by atoms with Gasteiger partial charge in [-0.05, 0) is 6.92 Å². The molecule has 0 saturated carbocycles. The van der Waals surface area contributed by atoms with E-state index < -0.39 is 0 Å². The summed E-state index contributed by atoms with van der Waals surface area (Å²) >= 11 is 0. The van der Waals surface area contributed by atoms with Gasteiger partial charge in [0.1, 0.15) is 0 Å². The Kier molecular flexibility index (Phi) is 5.72. The van der Waals surface area contributed by atoms with Crippen molar-refractivity contribution in [2.45, 2.75) is 33.3 Å². The Morgan fingerprint density at radius 1 is 1.33 bits per heavy atom. The van der Waals surface area contributed by atoms with Gasteiger partial charge >= 0.3 is 5.97 Å². The highest BCUT2D eigenvalue weighted by Gasteiger charge is 2.08. The first-order valence-electron chi connectivity index (χ1n) is 4.27. The molecule has 1 atom stereocenters. The van der Waals surface area contributed by atoms with Crippen LogP contribution in [0.2, 0.25) is 0 Å². The number of rotatable bonds is 5. The molecule has 0 aromatic rings. The normalized spacial score (nSPS) is 13.1. The fourth-order valence-electron chi connectivity index (χ4n) is 0.610. The molecule has 0 bridgehead atoms. The minimum Gasteiger partial charge on any atom is -0.465 e. The third kappa shape index (κ3) is 5.13. The van der Waals surface area contributed by atoms with Crippen LogP contribution in [-0.2, 0) is 14.3 Å². The zero-order valence-electron chi connectivity index (χ0n) is 8.29. The molecule has 0 rings (SSSR count). The molecule has 0 N–H and O–H groups in total. The predicted octanol–water partition coefficient (Wildman–Crippen LogP) is 1.61. The fourth-order valence-corrected chi connectivity index (χ4v) is 0.610. The maximum absolute atomic E-state index is 10.9. The van der Waals surface area contributed by atoms with Crippen LogP contribution in [0.4, 0.5) is 0 Å². The third-order valence-electron chi connectivity index (χ3n) is 1.64. The molecule has 0 amide bonds. The largest absolute Gasteiger partial charge is 0.465 e. The van der Waals surface area contributed by atoms with Gasteiger partial charge in [0.2, 0.25) is 0 Å². The standard InChI is InChI=1S/C9H18O3/c1-7(2)9(10)12-6-5-8(3)11-4/h7-8H,5-6H2,1-4H3. The van der Waals surface area contributed by atoms with Gasteiger partial charge in [0, 0.05) is 13.5 Å². The van der Waals surface area contributed by atoms with Crippen molar-refractivity contribution >= 4 is 5.97 Å². The highest BCUT2D eigenvalue weighted by Crippen LogP contribution is 1.99. The molecule has 1 unspecified atom stereocenters. The SMILES string of the molecule is COC(C)CCOC(=O)C(C)C. The molecule has 0 aliphatic heterocycles. The summed E-state index contributed by atoms with van der Waals surface area (Å²) in [6, 6.07) is 0. The van der Waals surface area contributed by atoms with Crippen molar-refractivity contribution in [3.8, 4) is 0 Å². The topological polar surface area (TPSA) is 35.5 Å². The lowest BCUT2D eigenvalue weighted by Gasteiger charge is -2.10. The van der Waals surface area contributed by atoms with Crippen LogP contribution >= 0.6 is 0 Å². The number of methoxy groups -OCH3 is 1. The molecule has 0 radical (unpaired) electrons. The van der Waals surface area contributed by atoms with Crippen LogP contribution in [0.3, 0.4) is 0 Å². The molecule has 3 nitrogen and oxygen atoms in total. The van der Waals surface area contributed by atoms with Gasteiger partial charge < -0.3 is 9.47 Å². The molecule has 0 spiro atoms. The van der Waals surface area contributed by atoms with Gasteiger partial charge in [-0.25, -0.2) is 0 Å². The lowest BCUT2D eigenvalue weighted by molar-refractivity contribution is -0.148. The summed E-state index contributed by atoms with van der Waals surface area (Å²) in [5.41, 5.74) is 0. The van der Waals surface area contributed by atoms with Crippen molar-refractivity contribution in [1.82, 2.24) is 0 Å². The number of hydrogen-bond donors (Lipinski definition) is 0. The second-order valence-electron chi connectivity index (χ2n) is 3.16. The minimum absolute atomic E-state index is 0.0390. The molecule has 0 aliphatic rings. The van der Waals surface area contributed by atoms with E-state index in [4.69, 9.17) is 9.47 Å². The zero-order chi connectivity index (χ0) is 9.56. The molecule has 0 aromatic carbocycles. The molecule has 3 heteroatoms.